The Kier molecular flexibility index (Phi) is 5.05. The van der Waals surface area contributed by atoms with Crippen LogP contribution < -0.4 is 10.6 Å². The van der Waals surface area contributed by atoms with Gasteiger partial charge in [0.15, 0.2) is 5.96 Å². The molecule has 0 fully saturated rings. The first kappa shape index (κ1) is 15.6. The number of rotatable bonds is 3. The summed E-state index contributed by atoms with van der Waals surface area (Å²) in [5.41, 5.74) is 2.85. The molecule has 2 N–H and O–H groups in total. The van der Waals surface area contributed by atoms with Gasteiger partial charge < -0.3 is 10.6 Å². The van der Waals surface area contributed by atoms with E-state index in [1.807, 2.05) is 7.05 Å². The van der Waals surface area contributed by atoms with Crippen LogP contribution in [0, 0.1) is 0 Å². The first-order chi connectivity index (χ1) is 9.99. The highest BCUT2D eigenvalue weighted by Crippen LogP contribution is 2.22. The third-order valence-electron chi connectivity index (χ3n) is 3.85. The molecule has 0 aliphatic heterocycles. The van der Waals surface area contributed by atoms with Crippen molar-refractivity contribution in [1.29, 1.82) is 0 Å². The van der Waals surface area contributed by atoms with E-state index >= 15 is 0 Å². The van der Waals surface area contributed by atoms with E-state index in [9.17, 15) is 0 Å². The van der Waals surface area contributed by atoms with Crippen LogP contribution in [0.15, 0.2) is 41.4 Å². The molecule has 3 nitrogen and oxygen atoms in total. The van der Waals surface area contributed by atoms with Crippen LogP contribution in [0.25, 0.3) is 0 Å². The normalized spacial score (nSPS) is 16.3. The second-order valence-electron chi connectivity index (χ2n) is 6.66. The standard InChI is InChI=1S/C18H27N3/c1-18(2,3)15-11-9-14(10-12-15)13-20-17(19-4)21-16-7-5-6-8-16/h5-6,9-12,16H,7-8,13H2,1-4H3,(H2,19,20,21). The minimum atomic E-state index is 0.207. The molecule has 0 radical (unpaired) electrons. The molecule has 2 rings (SSSR count). The molecule has 1 aliphatic carbocycles. The molecule has 21 heavy (non-hydrogen) atoms. The van der Waals surface area contributed by atoms with Crippen molar-refractivity contribution in [3.63, 3.8) is 0 Å². The van der Waals surface area contributed by atoms with Crippen molar-refractivity contribution < 1.29 is 0 Å². The van der Waals surface area contributed by atoms with Crippen molar-refractivity contribution in [1.82, 2.24) is 10.6 Å². The van der Waals surface area contributed by atoms with E-state index in [1.54, 1.807) is 0 Å². The number of benzene rings is 1. The summed E-state index contributed by atoms with van der Waals surface area (Å²) in [7, 11) is 1.82. The zero-order valence-corrected chi connectivity index (χ0v) is 13.6. The quantitative estimate of drug-likeness (QED) is 0.507. The van der Waals surface area contributed by atoms with E-state index in [-0.39, 0.29) is 5.41 Å². The summed E-state index contributed by atoms with van der Waals surface area (Å²) >= 11 is 0. The maximum absolute atomic E-state index is 4.29. The molecule has 0 saturated carbocycles. The lowest BCUT2D eigenvalue weighted by Crippen LogP contribution is -2.42. The number of nitrogens with one attached hydrogen (secondary N) is 2. The molecule has 3 heteroatoms. The zero-order valence-electron chi connectivity index (χ0n) is 13.6. The lowest BCUT2D eigenvalue weighted by atomic mass is 9.87. The van der Waals surface area contributed by atoms with Crippen molar-refractivity contribution >= 4 is 5.96 Å². The van der Waals surface area contributed by atoms with Crippen molar-refractivity contribution in [3.8, 4) is 0 Å². The molecule has 0 heterocycles. The van der Waals surface area contributed by atoms with Crippen LogP contribution in [0.2, 0.25) is 0 Å². The molecule has 0 aromatic heterocycles. The topological polar surface area (TPSA) is 36.4 Å². The Morgan fingerprint density at radius 3 is 2.29 bits per heavy atom. The van der Waals surface area contributed by atoms with Crippen LogP contribution in [-0.2, 0) is 12.0 Å². The van der Waals surface area contributed by atoms with Gasteiger partial charge in [-0.3, -0.25) is 4.99 Å². The molecule has 0 atom stereocenters. The van der Waals surface area contributed by atoms with Crippen LogP contribution in [-0.4, -0.2) is 19.0 Å². The van der Waals surface area contributed by atoms with E-state index in [0.717, 1.165) is 25.3 Å². The molecule has 0 bridgehead atoms. The fourth-order valence-corrected chi connectivity index (χ4v) is 2.43. The molecule has 1 aliphatic rings. The highest BCUT2D eigenvalue weighted by Gasteiger charge is 2.13. The second kappa shape index (κ2) is 6.79. The predicted molar refractivity (Wildman–Crippen MR) is 90.6 cm³/mol. The maximum atomic E-state index is 4.29. The Morgan fingerprint density at radius 1 is 1.14 bits per heavy atom. The highest BCUT2D eigenvalue weighted by molar-refractivity contribution is 5.80. The average Bonchev–Trinajstić information content (AvgIpc) is 2.96. The van der Waals surface area contributed by atoms with Crippen LogP contribution in [0.5, 0.6) is 0 Å². The van der Waals surface area contributed by atoms with E-state index in [0.29, 0.717) is 6.04 Å². The van der Waals surface area contributed by atoms with Crippen molar-refractivity contribution in [3.05, 3.63) is 47.5 Å². The zero-order chi connectivity index (χ0) is 15.3. The number of aliphatic imine (C=N–C) groups is 1. The lowest BCUT2D eigenvalue weighted by Gasteiger charge is -2.20. The van der Waals surface area contributed by atoms with Gasteiger partial charge in [0.25, 0.3) is 0 Å². The minimum absolute atomic E-state index is 0.207. The van der Waals surface area contributed by atoms with Gasteiger partial charge in [-0.05, 0) is 29.4 Å². The summed E-state index contributed by atoms with van der Waals surface area (Å²) in [6, 6.07) is 9.30. The third-order valence-corrected chi connectivity index (χ3v) is 3.85. The summed E-state index contributed by atoms with van der Waals surface area (Å²) in [4.78, 5) is 4.29. The van der Waals surface area contributed by atoms with Crippen molar-refractivity contribution in [2.24, 2.45) is 4.99 Å². The summed E-state index contributed by atoms with van der Waals surface area (Å²) < 4.78 is 0. The molecular weight excluding hydrogens is 258 g/mol. The fraction of sp³-hybridized carbons (Fsp3) is 0.500. The minimum Gasteiger partial charge on any atom is -0.353 e. The molecule has 0 amide bonds. The first-order valence-electron chi connectivity index (χ1n) is 7.70. The molecule has 0 spiro atoms. The van der Waals surface area contributed by atoms with Crippen molar-refractivity contribution in [2.75, 3.05) is 7.05 Å². The third kappa shape index (κ3) is 4.62. The lowest BCUT2D eigenvalue weighted by molar-refractivity contribution is 0.589. The van der Waals surface area contributed by atoms with Gasteiger partial charge >= 0.3 is 0 Å². The number of hydrogen-bond acceptors (Lipinski definition) is 1. The highest BCUT2D eigenvalue weighted by atomic mass is 15.2. The van der Waals surface area contributed by atoms with E-state index in [4.69, 9.17) is 0 Å². The van der Waals surface area contributed by atoms with Crippen LogP contribution in [0.3, 0.4) is 0 Å². The molecule has 0 saturated heterocycles. The van der Waals surface area contributed by atoms with Gasteiger partial charge in [0.2, 0.25) is 0 Å². The molecule has 1 aromatic rings. The average molecular weight is 285 g/mol. The van der Waals surface area contributed by atoms with Gasteiger partial charge in [-0.2, -0.15) is 0 Å². The van der Waals surface area contributed by atoms with Gasteiger partial charge in [0.1, 0.15) is 0 Å². The Labute approximate surface area is 128 Å². The maximum Gasteiger partial charge on any atom is 0.191 e. The van der Waals surface area contributed by atoms with Gasteiger partial charge in [-0.1, -0.05) is 57.2 Å². The Bertz CT molecular complexity index is 498. The van der Waals surface area contributed by atoms with E-state index in [2.05, 4.69) is 72.8 Å². The largest absolute Gasteiger partial charge is 0.353 e. The molecule has 0 unspecified atom stereocenters. The molecular formula is C18H27N3. The monoisotopic (exact) mass is 285 g/mol. The first-order valence-corrected chi connectivity index (χ1v) is 7.70. The van der Waals surface area contributed by atoms with Gasteiger partial charge in [-0.15, -0.1) is 0 Å². The summed E-state index contributed by atoms with van der Waals surface area (Å²) in [6.07, 6.45) is 6.61. The Hall–Kier alpha value is -1.77. The van der Waals surface area contributed by atoms with Crippen molar-refractivity contribution in [2.45, 2.75) is 51.6 Å². The van der Waals surface area contributed by atoms with E-state index < -0.39 is 0 Å². The number of hydrogen-bond donors (Lipinski definition) is 2. The van der Waals surface area contributed by atoms with Crippen LogP contribution in [0.1, 0.15) is 44.7 Å². The van der Waals surface area contributed by atoms with Gasteiger partial charge in [-0.25, -0.2) is 0 Å². The SMILES string of the molecule is CN=C(NCc1ccc(C(C)(C)C)cc1)NC1CC=CC1. The number of guanidine groups is 1. The van der Waals surface area contributed by atoms with Gasteiger partial charge in [0, 0.05) is 19.6 Å². The summed E-state index contributed by atoms with van der Waals surface area (Å²) in [5.74, 6) is 0.878. The Morgan fingerprint density at radius 2 is 1.76 bits per heavy atom. The summed E-state index contributed by atoms with van der Waals surface area (Å²) in [5, 5.41) is 6.83. The smallest absolute Gasteiger partial charge is 0.191 e. The fourth-order valence-electron chi connectivity index (χ4n) is 2.43. The second-order valence-corrected chi connectivity index (χ2v) is 6.66. The number of nitrogens with zero attached hydrogens (tertiary/aromatic N) is 1. The molecule has 1 aromatic carbocycles. The molecule has 114 valence electrons. The van der Waals surface area contributed by atoms with Crippen LogP contribution in [0.4, 0.5) is 0 Å². The van der Waals surface area contributed by atoms with Crippen LogP contribution >= 0.6 is 0 Å². The Balaban J connectivity index is 1.86. The summed E-state index contributed by atoms with van der Waals surface area (Å²) in [6.45, 7) is 7.51. The van der Waals surface area contributed by atoms with Gasteiger partial charge in [0.05, 0.1) is 0 Å². The van der Waals surface area contributed by atoms with E-state index in [1.165, 1.54) is 11.1 Å². The predicted octanol–water partition coefficient (Wildman–Crippen LogP) is 3.37.